The van der Waals surface area contributed by atoms with Crippen LogP contribution in [-0.4, -0.2) is 31.8 Å². The van der Waals surface area contributed by atoms with Crippen LogP contribution in [0.4, 0.5) is 0 Å². The van der Waals surface area contributed by atoms with Gasteiger partial charge in [0.05, 0.1) is 24.6 Å². The van der Waals surface area contributed by atoms with Crippen LogP contribution >= 0.6 is 0 Å². The molecule has 2 aromatic carbocycles. The van der Waals surface area contributed by atoms with Gasteiger partial charge in [-0.15, -0.1) is 0 Å². The minimum absolute atomic E-state index is 0.0288. The van der Waals surface area contributed by atoms with E-state index in [1.807, 2.05) is 12.1 Å². The molecule has 6 heteroatoms. The molecule has 0 saturated carbocycles. The summed E-state index contributed by atoms with van der Waals surface area (Å²) in [5.74, 6) is 3.28. The average Bonchev–Trinajstić information content (AvgIpc) is 3.28. The molecule has 4 aliphatic rings. The quantitative estimate of drug-likeness (QED) is 0.737. The highest BCUT2D eigenvalue weighted by molar-refractivity contribution is 5.56. The van der Waals surface area contributed by atoms with Crippen molar-refractivity contribution in [1.29, 1.82) is 0 Å². The summed E-state index contributed by atoms with van der Waals surface area (Å²) in [5.41, 5.74) is 4.76. The number of aliphatic hydroxyl groups excluding tert-OH is 1. The first kappa shape index (κ1) is 14.7. The smallest absolute Gasteiger partial charge is 0.231 e. The fourth-order valence-electron chi connectivity index (χ4n) is 5.12. The predicted octanol–water partition coefficient (Wildman–Crippen LogP) is 0.914. The number of fused-ring (bicyclic) bond motifs is 8. The number of nitrogens with one attached hydrogen (secondary N) is 1. The van der Waals surface area contributed by atoms with E-state index in [1.54, 1.807) is 0 Å². The molecule has 6 rings (SSSR count). The topological polar surface area (TPSA) is 61.6 Å². The lowest BCUT2D eigenvalue weighted by molar-refractivity contribution is -0.931. The Balaban J connectivity index is 1.53. The average molecular weight is 354 g/mol. The van der Waals surface area contributed by atoms with Crippen LogP contribution in [0, 0.1) is 0 Å². The van der Waals surface area contributed by atoms with Crippen LogP contribution in [0.1, 0.15) is 34.2 Å². The summed E-state index contributed by atoms with van der Waals surface area (Å²) in [6.45, 7) is 1.38. The van der Waals surface area contributed by atoms with Gasteiger partial charge >= 0.3 is 0 Å². The maximum absolute atomic E-state index is 11.1. The fraction of sp³-hybridized carbons (Fsp3) is 0.400. The molecule has 26 heavy (non-hydrogen) atoms. The Hall–Kier alpha value is -2.44. The van der Waals surface area contributed by atoms with Gasteiger partial charge in [0.25, 0.3) is 0 Å². The van der Waals surface area contributed by atoms with Crippen LogP contribution in [-0.2, 0) is 13.0 Å². The Labute approximate surface area is 150 Å². The van der Waals surface area contributed by atoms with Crippen LogP contribution in [0.5, 0.6) is 23.0 Å². The maximum Gasteiger partial charge on any atom is 0.231 e. The van der Waals surface area contributed by atoms with Crippen molar-refractivity contribution in [2.75, 3.05) is 20.6 Å². The maximum atomic E-state index is 11.1. The third kappa shape index (κ3) is 1.83. The number of ether oxygens (including phenoxy) is 4. The lowest BCUT2D eigenvalue weighted by atomic mass is 9.70. The molecule has 0 radical (unpaired) electrons. The van der Waals surface area contributed by atoms with Crippen molar-refractivity contribution in [3.8, 4) is 23.0 Å². The van der Waals surface area contributed by atoms with Crippen molar-refractivity contribution < 1.29 is 29.0 Å². The second-order valence-corrected chi connectivity index (χ2v) is 7.57. The van der Waals surface area contributed by atoms with E-state index in [4.69, 9.17) is 18.9 Å². The number of hydrogen-bond acceptors (Lipinski definition) is 5. The summed E-state index contributed by atoms with van der Waals surface area (Å²) in [6.07, 6.45) is 0.177. The van der Waals surface area contributed by atoms with Crippen molar-refractivity contribution >= 4 is 0 Å². The van der Waals surface area contributed by atoms with Crippen molar-refractivity contribution in [2.45, 2.75) is 31.0 Å². The first-order chi connectivity index (χ1) is 12.7. The normalized spacial score (nSPS) is 29.8. The van der Waals surface area contributed by atoms with Gasteiger partial charge in [0.15, 0.2) is 23.0 Å². The summed E-state index contributed by atoms with van der Waals surface area (Å²) < 4.78 is 22.4. The van der Waals surface area contributed by atoms with Gasteiger partial charge in [-0.2, -0.15) is 0 Å². The third-order valence-electron chi connectivity index (χ3n) is 6.20. The SMILES string of the molecule is C[NH+]1Cc2c(ccc3c2OCO3)[C@@H]2[C@H]1c1cc3c(cc1C[C@@H]2O)OCO3. The summed E-state index contributed by atoms with van der Waals surface area (Å²) in [4.78, 5) is 1.34. The number of quaternary nitrogens is 1. The molecule has 2 aromatic rings. The van der Waals surface area contributed by atoms with E-state index in [1.165, 1.54) is 21.6 Å². The van der Waals surface area contributed by atoms with E-state index in [2.05, 4.69) is 19.2 Å². The van der Waals surface area contributed by atoms with E-state index >= 15 is 0 Å². The van der Waals surface area contributed by atoms with Gasteiger partial charge in [-0.3, -0.25) is 0 Å². The predicted molar refractivity (Wildman–Crippen MR) is 90.9 cm³/mol. The Morgan fingerprint density at radius 1 is 0.962 bits per heavy atom. The van der Waals surface area contributed by atoms with E-state index in [0.29, 0.717) is 6.42 Å². The molecule has 1 unspecified atom stereocenters. The molecule has 0 bridgehead atoms. The van der Waals surface area contributed by atoms with E-state index < -0.39 is 6.10 Å². The molecule has 134 valence electrons. The van der Waals surface area contributed by atoms with Crippen LogP contribution in [0.3, 0.4) is 0 Å². The van der Waals surface area contributed by atoms with Gasteiger partial charge < -0.3 is 29.0 Å². The second kappa shape index (κ2) is 5.05. The molecular weight excluding hydrogens is 334 g/mol. The highest BCUT2D eigenvalue weighted by Crippen LogP contribution is 2.49. The monoisotopic (exact) mass is 354 g/mol. The standard InChI is InChI=1S/C20H19NO5/c1-21-7-13-11(2-3-15-20(13)26-9-23-15)18-14(22)4-10-5-16-17(25-8-24-16)6-12(10)19(18)21/h2-3,5-6,14,18-19,22H,4,7-9H2,1H3/p+1/t14-,18-,19+/m0/s1. The van der Waals surface area contributed by atoms with Crippen LogP contribution in [0.25, 0.3) is 0 Å². The van der Waals surface area contributed by atoms with Crippen molar-refractivity contribution in [3.05, 3.63) is 46.5 Å². The molecule has 0 fully saturated rings. The highest BCUT2D eigenvalue weighted by Gasteiger charge is 2.48. The van der Waals surface area contributed by atoms with Crippen LogP contribution in [0.2, 0.25) is 0 Å². The molecule has 0 spiro atoms. The number of rotatable bonds is 0. The van der Waals surface area contributed by atoms with E-state index in [-0.39, 0.29) is 25.5 Å². The van der Waals surface area contributed by atoms with Gasteiger partial charge in [-0.05, 0) is 35.7 Å². The first-order valence-corrected chi connectivity index (χ1v) is 9.05. The molecule has 4 atom stereocenters. The largest absolute Gasteiger partial charge is 0.454 e. The lowest BCUT2D eigenvalue weighted by Gasteiger charge is -2.44. The zero-order valence-corrected chi connectivity index (χ0v) is 14.5. The number of hydrogen-bond donors (Lipinski definition) is 2. The molecule has 3 aliphatic heterocycles. The van der Waals surface area contributed by atoms with Gasteiger partial charge in [-0.25, -0.2) is 0 Å². The van der Waals surface area contributed by atoms with Crippen molar-refractivity contribution in [3.63, 3.8) is 0 Å². The van der Waals surface area contributed by atoms with Crippen molar-refractivity contribution in [1.82, 2.24) is 0 Å². The highest BCUT2D eigenvalue weighted by atomic mass is 16.7. The lowest BCUT2D eigenvalue weighted by Crippen LogP contribution is -3.09. The van der Waals surface area contributed by atoms with E-state index in [0.717, 1.165) is 35.1 Å². The van der Waals surface area contributed by atoms with Crippen LogP contribution < -0.4 is 23.8 Å². The summed E-state index contributed by atoms with van der Waals surface area (Å²) in [6, 6.07) is 8.41. The van der Waals surface area contributed by atoms with Gasteiger partial charge in [0.2, 0.25) is 13.6 Å². The molecular formula is C20H20NO5+. The third-order valence-corrected chi connectivity index (χ3v) is 6.20. The fourth-order valence-corrected chi connectivity index (χ4v) is 5.12. The second-order valence-electron chi connectivity index (χ2n) is 7.57. The minimum Gasteiger partial charge on any atom is -0.454 e. The molecule has 0 saturated heterocycles. The van der Waals surface area contributed by atoms with Crippen LogP contribution in [0.15, 0.2) is 24.3 Å². The molecule has 1 aliphatic carbocycles. The summed E-state index contributed by atoms with van der Waals surface area (Å²) in [5, 5.41) is 11.1. The van der Waals surface area contributed by atoms with Gasteiger partial charge in [-0.1, -0.05) is 6.07 Å². The van der Waals surface area contributed by atoms with Gasteiger partial charge in [0, 0.05) is 5.56 Å². The molecule has 2 N–H and O–H groups in total. The number of likely N-dealkylation sites (N-methyl/N-ethyl adjacent to an activating group) is 1. The Morgan fingerprint density at radius 3 is 2.62 bits per heavy atom. The Kier molecular flexibility index (Phi) is 2.86. The molecule has 3 heterocycles. The van der Waals surface area contributed by atoms with E-state index in [9.17, 15) is 5.11 Å². The Bertz CT molecular complexity index is 925. The zero-order valence-electron chi connectivity index (χ0n) is 14.5. The molecule has 0 aromatic heterocycles. The first-order valence-electron chi connectivity index (χ1n) is 9.05. The number of benzene rings is 2. The summed E-state index contributed by atoms with van der Waals surface area (Å²) >= 11 is 0. The zero-order chi connectivity index (χ0) is 17.4. The van der Waals surface area contributed by atoms with Crippen molar-refractivity contribution in [2.24, 2.45) is 0 Å². The molecule has 6 nitrogen and oxygen atoms in total. The Morgan fingerprint density at radius 2 is 1.73 bits per heavy atom. The minimum atomic E-state index is -0.442. The summed E-state index contributed by atoms with van der Waals surface area (Å²) in [7, 11) is 2.18. The molecule has 0 amide bonds. The van der Waals surface area contributed by atoms with Gasteiger partial charge in [0.1, 0.15) is 12.6 Å². The number of aliphatic hydroxyl groups is 1.